The van der Waals surface area contributed by atoms with Gasteiger partial charge in [-0.25, -0.2) is 0 Å². The third-order valence-corrected chi connectivity index (χ3v) is 5.67. The van der Waals surface area contributed by atoms with Crippen molar-refractivity contribution < 1.29 is 14.1 Å². The molecule has 0 unspecified atom stereocenters. The number of hydrogen-bond donors (Lipinski definition) is 0. The summed E-state index contributed by atoms with van der Waals surface area (Å²) < 4.78 is 12.7. The molecular weight excluding hydrogens is 368 g/mol. The van der Waals surface area contributed by atoms with Gasteiger partial charge in [-0.2, -0.15) is 4.98 Å². The molecule has 4 rings (SSSR count). The Hall–Kier alpha value is -3.09. The molecule has 0 saturated carbocycles. The van der Waals surface area contributed by atoms with Crippen LogP contribution in [0.5, 0.6) is 5.75 Å². The van der Waals surface area contributed by atoms with Crippen molar-refractivity contribution in [2.45, 2.75) is 39.5 Å². The van der Waals surface area contributed by atoms with Crippen LogP contribution in [-0.2, 0) is 0 Å². The zero-order chi connectivity index (χ0) is 20.5. The van der Waals surface area contributed by atoms with Crippen molar-refractivity contribution in [2.24, 2.45) is 0 Å². The van der Waals surface area contributed by atoms with Gasteiger partial charge in [-0.1, -0.05) is 5.16 Å². The molecule has 0 aliphatic carbocycles. The molecule has 3 aromatic rings. The maximum Gasteiger partial charge on any atom is 0.255 e. The number of ether oxygens (including phenoxy) is 1. The molecule has 1 fully saturated rings. The fourth-order valence-electron chi connectivity index (χ4n) is 4.09. The third kappa shape index (κ3) is 3.64. The van der Waals surface area contributed by atoms with E-state index in [0.717, 1.165) is 41.2 Å². The van der Waals surface area contributed by atoms with E-state index < -0.39 is 0 Å². The largest absolute Gasteiger partial charge is 0.497 e. The second-order valence-corrected chi connectivity index (χ2v) is 7.56. The second kappa shape index (κ2) is 7.73. The molecule has 1 amide bonds. The van der Waals surface area contributed by atoms with Crippen LogP contribution in [0.25, 0.3) is 5.69 Å². The molecule has 1 aromatic carbocycles. The Labute approximate surface area is 170 Å². The molecule has 2 aromatic heterocycles. The number of aryl methyl sites for hydroxylation is 2. The van der Waals surface area contributed by atoms with Crippen molar-refractivity contribution in [3.63, 3.8) is 0 Å². The Morgan fingerprint density at radius 1 is 1.14 bits per heavy atom. The number of hydrogen-bond acceptors (Lipinski definition) is 5. The van der Waals surface area contributed by atoms with E-state index in [-0.39, 0.29) is 11.8 Å². The molecule has 0 bridgehead atoms. The van der Waals surface area contributed by atoms with Crippen LogP contribution in [0.1, 0.15) is 52.2 Å². The number of methoxy groups -OCH3 is 1. The number of likely N-dealkylation sites (tertiary alicyclic amines) is 1. The highest BCUT2D eigenvalue weighted by molar-refractivity contribution is 5.96. The van der Waals surface area contributed by atoms with Gasteiger partial charge < -0.3 is 18.7 Å². The molecule has 7 heteroatoms. The summed E-state index contributed by atoms with van der Waals surface area (Å²) >= 11 is 0. The molecule has 7 nitrogen and oxygen atoms in total. The van der Waals surface area contributed by atoms with Gasteiger partial charge in [0.25, 0.3) is 5.91 Å². The third-order valence-electron chi connectivity index (χ3n) is 5.67. The summed E-state index contributed by atoms with van der Waals surface area (Å²) in [5, 5.41) is 3.88. The van der Waals surface area contributed by atoms with Gasteiger partial charge in [-0.05, 0) is 63.9 Å². The number of amides is 1. The summed E-state index contributed by atoms with van der Waals surface area (Å²) in [7, 11) is 1.65. The number of benzene rings is 1. The van der Waals surface area contributed by atoms with Crippen molar-refractivity contribution in [1.29, 1.82) is 0 Å². The van der Waals surface area contributed by atoms with E-state index in [0.29, 0.717) is 24.8 Å². The van der Waals surface area contributed by atoms with Gasteiger partial charge in [0.1, 0.15) is 5.75 Å². The van der Waals surface area contributed by atoms with Crippen LogP contribution in [0.2, 0.25) is 0 Å². The first-order valence-electron chi connectivity index (χ1n) is 9.90. The molecular formula is C22H26N4O3. The average Bonchev–Trinajstić information content (AvgIpc) is 3.30. The van der Waals surface area contributed by atoms with Crippen LogP contribution in [0.15, 0.2) is 34.9 Å². The van der Waals surface area contributed by atoms with E-state index in [1.807, 2.05) is 56.0 Å². The highest BCUT2D eigenvalue weighted by Crippen LogP contribution is 2.29. The molecule has 1 aliphatic rings. The Balaban J connectivity index is 1.51. The summed E-state index contributed by atoms with van der Waals surface area (Å²) in [6.45, 7) is 7.23. The van der Waals surface area contributed by atoms with Gasteiger partial charge in [0.2, 0.25) is 5.89 Å². The lowest BCUT2D eigenvalue weighted by Gasteiger charge is -2.30. The van der Waals surface area contributed by atoms with Gasteiger partial charge in [-0.3, -0.25) is 4.79 Å². The summed E-state index contributed by atoms with van der Waals surface area (Å²) in [6, 6.07) is 9.85. The summed E-state index contributed by atoms with van der Waals surface area (Å²) in [5.74, 6) is 2.47. The number of piperidine rings is 1. The first-order valence-corrected chi connectivity index (χ1v) is 9.90. The predicted octanol–water partition coefficient (Wildman–Crippen LogP) is 3.81. The fraction of sp³-hybridized carbons (Fsp3) is 0.409. The van der Waals surface area contributed by atoms with Gasteiger partial charge in [0, 0.05) is 36.1 Å². The monoisotopic (exact) mass is 394 g/mol. The smallest absolute Gasteiger partial charge is 0.255 e. The van der Waals surface area contributed by atoms with Crippen molar-refractivity contribution in [1.82, 2.24) is 19.6 Å². The minimum atomic E-state index is 0.0815. The minimum absolute atomic E-state index is 0.0815. The fourth-order valence-corrected chi connectivity index (χ4v) is 4.09. The first-order chi connectivity index (χ1) is 14.0. The van der Waals surface area contributed by atoms with Crippen LogP contribution >= 0.6 is 0 Å². The Morgan fingerprint density at radius 3 is 2.41 bits per heavy atom. The standard InChI is InChI=1S/C22H26N4O3/c1-14-13-20(15(2)26(14)18-5-7-19(28-4)8-6-18)22(27)25-11-9-17(10-12-25)21-23-16(3)24-29-21/h5-8,13,17H,9-12H2,1-4H3. The molecule has 1 aliphatic heterocycles. The number of rotatable bonds is 4. The number of nitrogens with zero attached hydrogens (tertiary/aromatic N) is 4. The molecule has 152 valence electrons. The zero-order valence-corrected chi connectivity index (χ0v) is 17.3. The maximum atomic E-state index is 13.2. The minimum Gasteiger partial charge on any atom is -0.497 e. The van der Waals surface area contributed by atoms with Crippen molar-refractivity contribution >= 4 is 5.91 Å². The molecule has 0 atom stereocenters. The van der Waals surface area contributed by atoms with Gasteiger partial charge in [-0.15, -0.1) is 0 Å². The van der Waals surface area contributed by atoms with E-state index in [1.54, 1.807) is 7.11 Å². The number of aromatic nitrogens is 3. The van der Waals surface area contributed by atoms with Crippen molar-refractivity contribution in [3.05, 3.63) is 59.0 Å². The quantitative estimate of drug-likeness (QED) is 0.673. The molecule has 0 radical (unpaired) electrons. The highest BCUT2D eigenvalue weighted by Gasteiger charge is 2.29. The zero-order valence-electron chi connectivity index (χ0n) is 17.3. The van der Waals surface area contributed by atoms with E-state index in [2.05, 4.69) is 14.7 Å². The van der Waals surface area contributed by atoms with Crippen LogP contribution in [0.3, 0.4) is 0 Å². The summed E-state index contributed by atoms with van der Waals surface area (Å²) in [5.41, 5.74) is 3.76. The van der Waals surface area contributed by atoms with E-state index in [1.165, 1.54) is 0 Å². The first kappa shape index (κ1) is 19.2. The molecule has 0 spiro atoms. The van der Waals surface area contributed by atoms with Crippen molar-refractivity contribution in [2.75, 3.05) is 20.2 Å². The summed E-state index contributed by atoms with van der Waals surface area (Å²) in [6.07, 6.45) is 1.68. The van der Waals surface area contributed by atoms with Gasteiger partial charge in [0.15, 0.2) is 5.82 Å². The predicted molar refractivity (Wildman–Crippen MR) is 109 cm³/mol. The Kier molecular flexibility index (Phi) is 5.13. The SMILES string of the molecule is COc1ccc(-n2c(C)cc(C(=O)N3CCC(c4nc(C)no4)CC3)c2C)cc1. The lowest BCUT2D eigenvalue weighted by molar-refractivity contribution is 0.0704. The normalized spacial score (nSPS) is 15.0. The average molecular weight is 394 g/mol. The number of carbonyl (C=O) groups excluding carboxylic acids is 1. The van der Waals surface area contributed by atoms with E-state index in [4.69, 9.17) is 9.26 Å². The van der Waals surface area contributed by atoms with Crippen LogP contribution in [0.4, 0.5) is 0 Å². The second-order valence-electron chi connectivity index (χ2n) is 7.56. The number of carbonyl (C=O) groups is 1. The molecule has 0 N–H and O–H groups in total. The topological polar surface area (TPSA) is 73.4 Å². The molecule has 3 heterocycles. The highest BCUT2D eigenvalue weighted by atomic mass is 16.5. The van der Waals surface area contributed by atoms with Crippen molar-refractivity contribution in [3.8, 4) is 11.4 Å². The maximum absolute atomic E-state index is 13.2. The van der Waals surface area contributed by atoms with Gasteiger partial charge in [0.05, 0.1) is 12.7 Å². The molecule has 1 saturated heterocycles. The van der Waals surface area contributed by atoms with E-state index in [9.17, 15) is 4.79 Å². The van der Waals surface area contributed by atoms with Crippen LogP contribution in [0, 0.1) is 20.8 Å². The van der Waals surface area contributed by atoms with E-state index >= 15 is 0 Å². The Morgan fingerprint density at radius 2 is 1.83 bits per heavy atom. The lowest BCUT2D eigenvalue weighted by atomic mass is 9.96. The van der Waals surface area contributed by atoms with Gasteiger partial charge >= 0.3 is 0 Å². The van der Waals surface area contributed by atoms with Crippen LogP contribution in [-0.4, -0.2) is 45.7 Å². The summed E-state index contributed by atoms with van der Waals surface area (Å²) in [4.78, 5) is 19.5. The lowest BCUT2D eigenvalue weighted by Crippen LogP contribution is -2.38. The van der Waals surface area contributed by atoms with Crippen LogP contribution < -0.4 is 4.74 Å². The Bertz CT molecular complexity index is 1010. The molecule has 29 heavy (non-hydrogen) atoms.